The third-order valence-corrected chi connectivity index (χ3v) is 3.30. The third-order valence-electron chi connectivity index (χ3n) is 2.28. The van der Waals surface area contributed by atoms with Gasteiger partial charge in [-0.05, 0) is 24.6 Å². The number of aromatic nitrogens is 2. The molecule has 0 fully saturated rings. The largest absolute Gasteiger partial charge is 0.326 e. The predicted molar refractivity (Wildman–Crippen MR) is 62.9 cm³/mol. The molecule has 84 valence electrons. The van der Waals surface area contributed by atoms with Gasteiger partial charge in [0.25, 0.3) is 0 Å². The monoisotopic (exact) mass is 235 g/mol. The minimum Gasteiger partial charge on any atom is -0.326 e. The van der Waals surface area contributed by atoms with Crippen LogP contribution in [0.5, 0.6) is 0 Å². The Balaban J connectivity index is 1.97. The highest BCUT2D eigenvalue weighted by molar-refractivity contribution is 7.98. The van der Waals surface area contributed by atoms with Crippen LogP contribution in [0.25, 0.3) is 0 Å². The van der Waals surface area contributed by atoms with Crippen LogP contribution in [0.1, 0.15) is 17.0 Å². The first kappa shape index (κ1) is 11.2. The van der Waals surface area contributed by atoms with E-state index in [0.29, 0.717) is 6.54 Å². The lowest BCUT2D eigenvalue weighted by Gasteiger charge is -2.01. The second-order valence-electron chi connectivity index (χ2n) is 3.43. The summed E-state index contributed by atoms with van der Waals surface area (Å²) in [6, 6.07) is 8.21. The predicted octanol–water partition coefficient (Wildman–Crippen LogP) is 2.13. The summed E-state index contributed by atoms with van der Waals surface area (Å²) in [6.45, 7) is 2.47. The molecule has 0 amide bonds. The molecular weight excluding hydrogens is 222 g/mol. The van der Waals surface area contributed by atoms with Gasteiger partial charge in [-0.3, -0.25) is 0 Å². The topological polar surface area (TPSA) is 64.9 Å². The summed E-state index contributed by atoms with van der Waals surface area (Å²) < 4.78 is 4.64. The summed E-state index contributed by atoms with van der Waals surface area (Å²) in [5.74, 6) is 0.775. The summed E-state index contributed by atoms with van der Waals surface area (Å²) in [7, 11) is 0. The van der Waals surface area contributed by atoms with Crippen molar-refractivity contribution in [1.82, 2.24) is 10.3 Å². The van der Waals surface area contributed by atoms with Crippen LogP contribution >= 0.6 is 11.8 Å². The van der Waals surface area contributed by atoms with Crippen molar-refractivity contribution in [3.8, 4) is 0 Å². The van der Waals surface area contributed by atoms with Crippen LogP contribution in [-0.2, 0) is 12.3 Å². The lowest BCUT2D eigenvalue weighted by molar-refractivity contribution is 0.302. The highest BCUT2D eigenvalue weighted by atomic mass is 32.2. The molecule has 0 saturated heterocycles. The van der Waals surface area contributed by atoms with Gasteiger partial charge >= 0.3 is 0 Å². The molecule has 0 saturated carbocycles. The number of benzene rings is 1. The number of nitrogens with two attached hydrogens (primary N) is 1. The first-order chi connectivity index (χ1) is 7.79. The van der Waals surface area contributed by atoms with E-state index in [-0.39, 0.29) is 0 Å². The van der Waals surface area contributed by atoms with Crippen molar-refractivity contribution in [3.05, 3.63) is 41.2 Å². The van der Waals surface area contributed by atoms with Crippen LogP contribution < -0.4 is 5.73 Å². The molecule has 2 rings (SSSR count). The quantitative estimate of drug-likeness (QED) is 0.822. The molecule has 2 aromatic rings. The van der Waals surface area contributed by atoms with Gasteiger partial charge in [0.1, 0.15) is 11.4 Å². The molecule has 0 bridgehead atoms. The Kier molecular flexibility index (Phi) is 3.58. The van der Waals surface area contributed by atoms with Crippen molar-refractivity contribution in [3.63, 3.8) is 0 Å². The zero-order valence-electron chi connectivity index (χ0n) is 9.01. The summed E-state index contributed by atoms with van der Waals surface area (Å²) >= 11 is 1.71. The highest BCUT2D eigenvalue weighted by Gasteiger charge is 2.05. The number of hydrogen-bond acceptors (Lipinski definition) is 5. The fourth-order valence-electron chi connectivity index (χ4n) is 1.25. The molecule has 0 spiro atoms. The van der Waals surface area contributed by atoms with Crippen LogP contribution in [0.2, 0.25) is 0 Å². The zero-order chi connectivity index (χ0) is 11.4. The standard InChI is InChI=1S/C11H13N3OS/c1-8-11(14-15-13-8)7-16-10-4-2-9(6-12)3-5-10/h2-5H,6-7,12H2,1H3. The first-order valence-corrected chi connectivity index (χ1v) is 5.98. The second-order valence-corrected chi connectivity index (χ2v) is 4.48. The van der Waals surface area contributed by atoms with Crippen LogP contribution in [0.3, 0.4) is 0 Å². The summed E-state index contributed by atoms with van der Waals surface area (Å²) in [4.78, 5) is 1.19. The fourth-order valence-corrected chi connectivity index (χ4v) is 2.15. The van der Waals surface area contributed by atoms with Crippen molar-refractivity contribution < 1.29 is 4.63 Å². The number of hydrogen-bond donors (Lipinski definition) is 1. The van der Waals surface area contributed by atoms with Crippen molar-refractivity contribution in [1.29, 1.82) is 0 Å². The summed E-state index contributed by atoms with van der Waals surface area (Å²) in [5, 5.41) is 7.58. The van der Waals surface area contributed by atoms with Gasteiger partial charge in [-0.15, -0.1) is 11.8 Å². The number of nitrogens with zero attached hydrogens (tertiary/aromatic N) is 2. The summed E-state index contributed by atoms with van der Waals surface area (Å²) in [6.07, 6.45) is 0. The molecule has 2 N–H and O–H groups in total. The number of aryl methyl sites for hydroxylation is 1. The maximum atomic E-state index is 5.53. The van der Waals surface area contributed by atoms with E-state index in [9.17, 15) is 0 Å². The van der Waals surface area contributed by atoms with E-state index in [2.05, 4.69) is 27.1 Å². The normalized spacial score (nSPS) is 10.6. The van der Waals surface area contributed by atoms with Gasteiger partial charge in [0.15, 0.2) is 0 Å². The Labute approximate surface area is 98.2 Å². The van der Waals surface area contributed by atoms with E-state index in [1.54, 1.807) is 11.8 Å². The lowest BCUT2D eigenvalue weighted by atomic mass is 10.2. The van der Waals surface area contributed by atoms with Gasteiger partial charge in [0.2, 0.25) is 0 Å². The molecule has 0 atom stereocenters. The van der Waals surface area contributed by atoms with Gasteiger partial charge in [0, 0.05) is 17.2 Å². The fraction of sp³-hybridized carbons (Fsp3) is 0.273. The lowest BCUT2D eigenvalue weighted by Crippen LogP contribution is -1.95. The Hall–Kier alpha value is -1.33. The molecule has 0 unspecified atom stereocenters. The van der Waals surface area contributed by atoms with E-state index >= 15 is 0 Å². The Morgan fingerprint density at radius 2 is 2.00 bits per heavy atom. The molecular formula is C11H13N3OS. The van der Waals surface area contributed by atoms with Gasteiger partial charge in [-0.25, -0.2) is 4.63 Å². The summed E-state index contributed by atoms with van der Waals surface area (Å²) in [5.41, 5.74) is 8.42. The highest BCUT2D eigenvalue weighted by Crippen LogP contribution is 2.23. The average molecular weight is 235 g/mol. The maximum Gasteiger partial charge on any atom is 0.118 e. The SMILES string of the molecule is Cc1nonc1CSc1ccc(CN)cc1. The molecule has 1 aromatic carbocycles. The van der Waals surface area contributed by atoms with E-state index in [4.69, 9.17) is 5.73 Å². The molecule has 0 aliphatic heterocycles. The maximum absolute atomic E-state index is 5.53. The molecule has 5 heteroatoms. The van der Waals surface area contributed by atoms with Crippen LogP contribution in [0.4, 0.5) is 0 Å². The van der Waals surface area contributed by atoms with Crippen LogP contribution in [-0.4, -0.2) is 10.3 Å². The third kappa shape index (κ3) is 2.62. The van der Waals surface area contributed by atoms with Crippen molar-refractivity contribution >= 4 is 11.8 Å². The van der Waals surface area contributed by atoms with Crippen molar-refractivity contribution in [2.75, 3.05) is 0 Å². The minimum absolute atomic E-state index is 0.581. The molecule has 0 aliphatic rings. The van der Waals surface area contributed by atoms with Crippen LogP contribution in [0, 0.1) is 6.92 Å². The molecule has 4 nitrogen and oxygen atoms in total. The minimum atomic E-state index is 0.581. The Morgan fingerprint density at radius 3 is 2.56 bits per heavy atom. The van der Waals surface area contributed by atoms with Gasteiger partial charge in [0.05, 0.1) is 0 Å². The zero-order valence-corrected chi connectivity index (χ0v) is 9.83. The van der Waals surface area contributed by atoms with Gasteiger partial charge < -0.3 is 5.73 Å². The van der Waals surface area contributed by atoms with E-state index in [1.165, 1.54) is 4.90 Å². The molecule has 0 aliphatic carbocycles. The number of rotatable bonds is 4. The van der Waals surface area contributed by atoms with Gasteiger partial charge in [-0.1, -0.05) is 22.4 Å². The van der Waals surface area contributed by atoms with E-state index < -0.39 is 0 Å². The molecule has 0 radical (unpaired) electrons. The van der Waals surface area contributed by atoms with E-state index in [0.717, 1.165) is 22.7 Å². The molecule has 1 aromatic heterocycles. The van der Waals surface area contributed by atoms with Crippen molar-refractivity contribution in [2.24, 2.45) is 5.73 Å². The Morgan fingerprint density at radius 1 is 1.25 bits per heavy atom. The van der Waals surface area contributed by atoms with Crippen LogP contribution in [0.15, 0.2) is 33.8 Å². The second kappa shape index (κ2) is 5.14. The van der Waals surface area contributed by atoms with E-state index in [1.807, 2.05) is 19.1 Å². The van der Waals surface area contributed by atoms with Gasteiger partial charge in [-0.2, -0.15) is 0 Å². The molecule has 16 heavy (non-hydrogen) atoms. The molecule has 1 heterocycles. The first-order valence-electron chi connectivity index (χ1n) is 4.99. The van der Waals surface area contributed by atoms with Crippen molar-refractivity contribution in [2.45, 2.75) is 24.1 Å². The number of thioether (sulfide) groups is 1. The smallest absolute Gasteiger partial charge is 0.118 e. The average Bonchev–Trinajstić information content (AvgIpc) is 2.73. The Bertz CT molecular complexity index is 453.